The van der Waals surface area contributed by atoms with E-state index < -0.39 is 0 Å². The van der Waals surface area contributed by atoms with Gasteiger partial charge in [0.25, 0.3) is 5.91 Å². The molecular weight excluding hydrogens is 412 g/mol. The molecule has 1 heterocycles. The molecule has 2 aromatic carbocycles. The lowest BCUT2D eigenvalue weighted by Gasteiger charge is -2.07. The molecular formula is C24H26N2O2S2. The summed E-state index contributed by atoms with van der Waals surface area (Å²) in [6.45, 7) is 2.95. The van der Waals surface area contributed by atoms with Gasteiger partial charge in [-0.15, -0.1) is 0 Å². The number of hydrogen-bond acceptors (Lipinski definition) is 5. The fraction of sp³-hybridized carbons (Fsp3) is 0.292. The summed E-state index contributed by atoms with van der Waals surface area (Å²) >= 11 is 6.59. The van der Waals surface area contributed by atoms with Gasteiger partial charge in [-0.1, -0.05) is 86.8 Å². The van der Waals surface area contributed by atoms with Crippen LogP contribution in [0, 0.1) is 0 Å². The summed E-state index contributed by atoms with van der Waals surface area (Å²) in [4.78, 5) is 13.2. The van der Waals surface area contributed by atoms with Gasteiger partial charge >= 0.3 is 0 Å². The Balaban J connectivity index is 1.55. The molecule has 1 fully saturated rings. The fourth-order valence-electron chi connectivity index (χ4n) is 2.93. The minimum absolute atomic E-state index is 0.204. The second-order valence-electron chi connectivity index (χ2n) is 6.98. The van der Waals surface area contributed by atoms with Gasteiger partial charge in [0.2, 0.25) is 0 Å². The molecule has 30 heavy (non-hydrogen) atoms. The van der Waals surface area contributed by atoms with Crippen LogP contribution in [0.15, 0.2) is 64.6 Å². The molecule has 4 nitrogen and oxygen atoms in total. The maximum atomic E-state index is 12.7. The molecule has 0 aliphatic carbocycles. The van der Waals surface area contributed by atoms with E-state index in [-0.39, 0.29) is 5.91 Å². The number of thioether (sulfide) groups is 1. The van der Waals surface area contributed by atoms with Crippen LogP contribution >= 0.6 is 24.0 Å². The lowest BCUT2D eigenvalue weighted by atomic mass is 10.2. The van der Waals surface area contributed by atoms with Gasteiger partial charge in [0, 0.05) is 0 Å². The van der Waals surface area contributed by atoms with Crippen LogP contribution in [0.3, 0.4) is 0 Å². The summed E-state index contributed by atoms with van der Waals surface area (Å²) in [5, 5.41) is 5.53. The Bertz CT molecular complexity index is 909. The lowest BCUT2D eigenvalue weighted by molar-refractivity contribution is -0.122. The number of carbonyl (C=O) groups excluding carboxylic acids is 1. The van der Waals surface area contributed by atoms with Crippen LogP contribution in [0.2, 0.25) is 0 Å². The second-order valence-corrected chi connectivity index (χ2v) is 8.66. The van der Waals surface area contributed by atoms with E-state index in [4.69, 9.17) is 17.0 Å². The molecule has 3 rings (SSSR count). The van der Waals surface area contributed by atoms with Crippen molar-refractivity contribution in [3.8, 4) is 5.75 Å². The van der Waals surface area contributed by atoms with Crippen molar-refractivity contribution < 1.29 is 9.53 Å². The number of benzene rings is 2. The van der Waals surface area contributed by atoms with Gasteiger partial charge < -0.3 is 4.74 Å². The highest BCUT2D eigenvalue weighted by Crippen LogP contribution is 2.33. The van der Waals surface area contributed by atoms with Crippen molar-refractivity contribution in [3.63, 3.8) is 0 Å². The zero-order valence-corrected chi connectivity index (χ0v) is 18.8. The molecule has 0 radical (unpaired) electrons. The number of unbranched alkanes of at least 4 members (excludes halogenated alkanes) is 4. The maximum Gasteiger partial charge on any atom is 0.286 e. The zero-order chi connectivity index (χ0) is 21.2. The normalized spacial score (nSPS) is 15.5. The highest BCUT2D eigenvalue weighted by molar-refractivity contribution is 8.26. The predicted molar refractivity (Wildman–Crippen MR) is 130 cm³/mol. The number of carbonyl (C=O) groups is 1. The van der Waals surface area contributed by atoms with E-state index in [1.807, 2.05) is 60.7 Å². The van der Waals surface area contributed by atoms with E-state index in [0.717, 1.165) is 29.9 Å². The first-order valence-corrected chi connectivity index (χ1v) is 11.5. The second kappa shape index (κ2) is 11.7. The Morgan fingerprint density at radius 3 is 2.47 bits per heavy atom. The van der Waals surface area contributed by atoms with E-state index in [9.17, 15) is 4.79 Å². The third-order valence-electron chi connectivity index (χ3n) is 4.59. The van der Waals surface area contributed by atoms with Crippen LogP contribution in [-0.2, 0) is 4.79 Å². The SMILES string of the molecule is CCCCCCCOc1ccc(/C=C2/SC(=S)N(/N=C/c3ccccc3)C2=O)cc1. The van der Waals surface area contributed by atoms with Gasteiger partial charge in [0.05, 0.1) is 17.7 Å². The molecule has 2 aromatic rings. The fourth-order valence-corrected chi connectivity index (χ4v) is 4.10. The van der Waals surface area contributed by atoms with Crippen LogP contribution in [-0.4, -0.2) is 28.1 Å². The quantitative estimate of drug-likeness (QED) is 0.190. The monoisotopic (exact) mass is 438 g/mol. The third kappa shape index (κ3) is 6.54. The number of rotatable bonds is 10. The molecule has 0 bridgehead atoms. The molecule has 1 aliphatic heterocycles. The number of hydrazone groups is 1. The van der Waals surface area contributed by atoms with Crippen molar-refractivity contribution in [3.05, 3.63) is 70.6 Å². The molecule has 0 aromatic heterocycles. The van der Waals surface area contributed by atoms with E-state index >= 15 is 0 Å². The van der Waals surface area contributed by atoms with Crippen molar-refractivity contribution in [2.24, 2.45) is 5.10 Å². The van der Waals surface area contributed by atoms with Crippen LogP contribution < -0.4 is 4.74 Å². The molecule has 1 aliphatic rings. The molecule has 0 spiro atoms. The highest BCUT2D eigenvalue weighted by Gasteiger charge is 2.31. The van der Waals surface area contributed by atoms with Gasteiger partial charge in [-0.25, -0.2) is 0 Å². The molecule has 1 amide bonds. The first-order chi connectivity index (χ1) is 14.7. The first kappa shape index (κ1) is 22.2. The van der Waals surface area contributed by atoms with E-state index in [1.54, 1.807) is 6.21 Å². The molecule has 0 saturated carbocycles. The van der Waals surface area contributed by atoms with E-state index in [2.05, 4.69) is 12.0 Å². The Kier molecular flexibility index (Phi) is 8.66. The average molecular weight is 439 g/mol. The summed E-state index contributed by atoms with van der Waals surface area (Å²) in [6.07, 6.45) is 9.58. The number of ether oxygens (including phenoxy) is 1. The van der Waals surface area contributed by atoms with Crippen LogP contribution in [0.4, 0.5) is 0 Å². The smallest absolute Gasteiger partial charge is 0.286 e. The average Bonchev–Trinajstić information content (AvgIpc) is 3.03. The largest absolute Gasteiger partial charge is 0.494 e. The molecule has 0 unspecified atom stereocenters. The van der Waals surface area contributed by atoms with Crippen LogP contribution in [0.1, 0.15) is 50.2 Å². The first-order valence-electron chi connectivity index (χ1n) is 10.3. The number of amides is 1. The van der Waals surface area contributed by atoms with Gasteiger partial charge in [0.1, 0.15) is 5.75 Å². The van der Waals surface area contributed by atoms with E-state index in [0.29, 0.717) is 9.23 Å². The van der Waals surface area contributed by atoms with Crippen molar-refractivity contribution in [1.29, 1.82) is 0 Å². The van der Waals surface area contributed by atoms with E-state index in [1.165, 1.54) is 42.5 Å². The van der Waals surface area contributed by atoms with Gasteiger partial charge in [0.15, 0.2) is 4.32 Å². The van der Waals surface area contributed by atoms with Crippen molar-refractivity contribution in [2.75, 3.05) is 6.61 Å². The summed E-state index contributed by atoms with van der Waals surface area (Å²) in [7, 11) is 0. The molecule has 0 N–H and O–H groups in total. The standard InChI is InChI=1S/C24H26N2O2S2/c1-2-3-4-5-9-16-28-21-14-12-19(13-15-21)17-22-23(27)26(24(29)30-22)25-18-20-10-7-6-8-11-20/h6-8,10-15,17-18H,2-5,9,16H2,1H3/b22-17+,25-18+. The predicted octanol–water partition coefficient (Wildman–Crippen LogP) is 6.27. The van der Waals surface area contributed by atoms with Gasteiger partial charge in [-0.2, -0.15) is 10.1 Å². The lowest BCUT2D eigenvalue weighted by Crippen LogP contribution is -2.22. The molecule has 156 valence electrons. The zero-order valence-electron chi connectivity index (χ0n) is 17.1. The number of nitrogens with zero attached hydrogens (tertiary/aromatic N) is 2. The van der Waals surface area contributed by atoms with Crippen molar-refractivity contribution >= 4 is 46.5 Å². The maximum absolute atomic E-state index is 12.7. The summed E-state index contributed by atoms with van der Waals surface area (Å²) in [5.74, 6) is 0.646. The Morgan fingerprint density at radius 1 is 1.00 bits per heavy atom. The van der Waals surface area contributed by atoms with Crippen molar-refractivity contribution in [2.45, 2.75) is 39.0 Å². The summed E-state index contributed by atoms with van der Waals surface area (Å²) in [6, 6.07) is 17.4. The van der Waals surface area contributed by atoms with Crippen LogP contribution in [0.25, 0.3) is 6.08 Å². The third-order valence-corrected chi connectivity index (χ3v) is 5.87. The van der Waals surface area contributed by atoms with Gasteiger partial charge in [-0.05, 0) is 48.0 Å². The van der Waals surface area contributed by atoms with Crippen molar-refractivity contribution in [1.82, 2.24) is 5.01 Å². The molecule has 6 heteroatoms. The van der Waals surface area contributed by atoms with Gasteiger partial charge in [-0.3, -0.25) is 4.79 Å². The molecule has 0 atom stereocenters. The minimum atomic E-state index is -0.204. The molecule has 1 saturated heterocycles. The Hall–Kier alpha value is -2.44. The highest BCUT2D eigenvalue weighted by atomic mass is 32.2. The minimum Gasteiger partial charge on any atom is -0.494 e. The summed E-state index contributed by atoms with van der Waals surface area (Å²) in [5.41, 5.74) is 1.84. The number of thiocarbonyl (C=S) groups is 1. The number of hydrogen-bond donors (Lipinski definition) is 0. The Morgan fingerprint density at radius 2 is 1.73 bits per heavy atom. The van der Waals surface area contributed by atoms with Crippen LogP contribution in [0.5, 0.6) is 5.75 Å². The topological polar surface area (TPSA) is 41.9 Å². The Labute approximate surface area is 188 Å². The summed E-state index contributed by atoms with van der Waals surface area (Å²) < 4.78 is 6.23.